The molecule has 0 saturated carbocycles. The number of benzene rings is 3. The number of H-pyrrole nitrogens is 1. The van der Waals surface area contributed by atoms with Crippen LogP contribution in [0.2, 0.25) is 5.04 Å². The third-order valence-corrected chi connectivity index (χ3v) is 10.7. The maximum absolute atomic E-state index is 6.99. The van der Waals surface area contributed by atoms with Crippen molar-refractivity contribution in [3.05, 3.63) is 96.7 Å². The van der Waals surface area contributed by atoms with Crippen LogP contribution in [-0.2, 0) is 10.8 Å². The minimum absolute atomic E-state index is 0.0101. The second-order valence-electron chi connectivity index (χ2n) is 8.64. The Balaban J connectivity index is 1.68. The molecular formula is C26H29NOSi. The first-order valence-corrected chi connectivity index (χ1v) is 12.2. The molecule has 0 unspecified atom stereocenters. The van der Waals surface area contributed by atoms with E-state index in [4.69, 9.17) is 4.43 Å². The Hall–Kier alpha value is -2.62. The highest BCUT2D eigenvalue weighted by Gasteiger charge is 2.49. The molecule has 0 spiro atoms. The van der Waals surface area contributed by atoms with Gasteiger partial charge in [0.2, 0.25) is 0 Å². The second kappa shape index (κ2) is 8.01. The molecule has 0 amide bonds. The van der Waals surface area contributed by atoms with Crippen molar-refractivity contribution >= 4 is 29.6 Å². The van der Waals surface area contributed by atoms with Crippen LogP contribution in [0.5, 0.6) is 0 Å². The largest absolute Gasteiger partial charge is 0.407 e. The van der Waals surface area contributed by atoms with Crippen LogP contribution in [0, 0.1) is 0 Å². The number of hydrogen-bond acceptors (Lipinski definition) is 1. The molecule has 0 radical (unpaired) electrons. The van der Waals surface area contributed by atoms with Gasteiger partial charge in [0.25, 0.3) is 8.32 Å². The fourth-order valence-electron chi connectivity index (χ4n) is 4.34. The molecule has 1 aromatic heterocycles. The van der Waals surface area contributed by atoms with Crippen LogP contribution in [0.4, 0.5) is 0 Å². The molecule has 0 saturated heterocycles. The Kier molecular flexibility index (Phi) is 5.44. The molecule has 4 aromatic rings. The summed E-state index contributed by atoms with van der Waals surface area (Å²) in [4.78, 5) is 3.54. The molecule has 3 aromatic carbocycles. The summed E-state index contributed by atoms with van der Waals surface area (Å²) in [5.74, 6) is 0. The van der Waals surface area contributed by atoms with Crippen LogP contribution in [-0.4, -0.2) is 19.9 Å². The van der Waals surface area contributed by atoms with Crippen LogP contribution in [0.15, 0.2) is 91.0 Å². The maximum Gasteiger partial charge on any atom is 0.261 e. The molecule has 0 bridgehead atoms. The minimum Gasteiger partial charge on any atom is -0.407 e. The topological polar surface area (TPSA) is 25.0 Å². The van der Waals surface area contributed by atoms with E-state index in [-0.39, 0.29) is 5.04 Å². The molecule has 1 heterocycles. The Morgan fingerprint density at radius 3 is 1.86 bits per heavy atom. The number of rotatable bonds is 6. The van der Waals surface area contributed by atoms with E-state index < -0.39 is 8.32 Å². The third kappa shape index (κ3) is 3.80. The summed E-state index contributed by atoms with van der Waals surface area (Å²) >= 11 is 0. The summed E-state index contributed by atoms with van der Waals surface area (Å²) in [6.07, 6.45) is 0.874. The van der Waals surface area contributed by atoms with E-state index in [0.717, 1.165) is 6.42 Å². The van der Waals surface area contributed by atoms with Gasteiger partial charge in [-0.15, -0.1) is 0 Å². The number of hydrogen-bond donors (Lipinski definition) is 1. The van der Waals surface area contributed by atoms with Crippen molar-refractivity contribution in [1.29, 1.82) is 0 Å². The predicted octanol–water partition coefficient (Wildman–Crippen LogP) is 5.29. The van der Waals surface area contributed by atoms with Crippen LogP contribution in [0.25, 0.3) is 10.9 Å². The van der Waals surface area contributed by atoms with E-state index in [1.54, 1.807) is 0 Å². The van der Waals surface area contributed by atoms with E-state index in [9.17, 15) is 0 Å². The molecule has 0 atom stereocenters. The monoisotopic (exact) mass is 399 g/mol. The van der Waals surface area contributed by atoms with Crippen LogP contribution < -0.4 is 10.4 Å². The second-order valence-corrected chi connectivity index (χ2v) is 12.9. The third-order valence-electron chi connectivity index (χ3n) is 5.69. The molecule has 0 aliphatic carbocycles. The van der Waals surface area contributed by atoms with Gasteiger partial charge in [-0.3, -0.25) is 0 Å². The van der Waals surface area contributed by atoms with Gasteiger partial charge in [-0.25, -0.2) is 0 Å². The normalized spacial score (nSPS) is 12.4. The number of nitrogens with one attached hydrogen (secondary N) is 1. The van der Waals surface area contributed by atoms with Gasteiger partial charge in [0.05, 0.1) is 0 Å². The lowest BCUT2D eigenvalue weighted by Gasteiger charge is -2.43. The summed E-state index contributed by atoms with van der Waals surface area (Å²) in [5.41, 5.74) is 2.41. The molecule has 3 heteroatoms. The Bertz CT molecular complexity index is 992. The Labute approximate surface area is 174 Å². The summed E-state index contributed by atoms with van der Waals surface area (Å²) in [7, 11) is -2.46. The molecule has 1 N–H and O–H groups in total. The van der Waals surface area contributed by atoms with E-state index in [1.807, 2.05) is 0 Å². The van der Waals surface area contributed by atoms with Crippen molar-refractivity contribution in [3.63, 3.8) is 0 Å². The van der Waals surface area contributed by atoms with E-state index in [2.05, 4.69) is 117 Å². The zero-order valence-corrected chi connectivity index (χ0v) is 18.5. The Morgan fingerprint density at radius 2 is 1.31 bits per heavy atom. The summed E-state index contributed by atoms with van der Waals surface area (Å²) < 4.78 is 6.99. The van der Waals surface area contributed by atoms with Gasteiger partial charge in [0, 0.05) is 24.2 Å². The number of aromatic amines is 1. The fraction of sp³-hybridized carbons (Fsp3) is 0.231. The average molecular weight is 400 g/mol. The molecule has 0 fully saturated rings. The lowest BCUT2D eigenvalue weighted by atomic mass is 10.2. The van der Waals surface area contributed by atoms with Gasteiger partial charge < -0.3 is 9.41 Å². The highest BCUT2D eigenvalue weighted by molar-refractivity contribution is 6.99. The van der Waals surface area contributed by atoms with Gasteiger partial charge in [-0.1, -0.05) is 99.6 Å². The molecule has 0 aliphatic rings. The maximum atomic E-state index is 6.99. The summed E-state index contributed by atoms with van der Waals surface area (Å²) in [5, 5.41) is 3.93. The van der Waals surface area contributed by atoms with E-state index in [0.29, 0.717) is 6.61 Å². The number of para-hydroxylation sites is 1. The Morgan fingerprint density at radius 1 is 0.759 bits per heavy atom. The lowest BCUT2D eigenvalue weighted by molar-refractivity contribution is 0.301. The predicted molar refractivity (Wildman–Crippen MR) is 126 cm³/mol. The summed E-state index contributed by atoms with van der Waals surface area (Å²) in [6.45, 7) is 7.66. The standard InChI is InChI=1S/C26H29NOSi/c1-26(2,3)29(23-13-6-4-7-14-23,24-15-8-5-9-16-24)28-19-18-22-20-21-12-10-11-17-25(21)27-22/h4-17,20,27H,18-19H2,1-3H3. The van der Waals surface area contributed by atoms with Crippen LogP contribution in [0.1, 0.15) is 26.5 Å². The summed E-state index contributed by atoms with van der Waals surface area (Å²) in [6, 6.07) is 32.3. The average Bonchev–Trinajstić information content (AvgIpc) is 3.14. The van der Waals surface area contributed by atoms with E-state index >= 15 is 0 Å². The number of aromatic nitrogens is 1. The van der Waals surface area contributed by atoms with Crippen LogP contribution >= 0.6 is 0 Å². The molecule has 4 rings (SSSR count). The first-order valence-electron chi connectivity index (χ1n) is 10.3. The van der Waals surface area contributed by atoms with Gasteiger partial charge in [0.15, 0.2) is 0 Å². The van der Waals surface area contributed by atoms with Gasteiger partial charge in [-0.2, -0.15) is 0 Å². The highest BCUT2D eigenvalue weighted by atomic mass is 28.4. The zero-order chi connectivity index (χ0) is 20.3. The van der Waals surface area contributed by atoms with Crippen molar-refractivity contribution in [2.75, 3.05) is 6.61 Å². The van der Waals surface area contributed by atoms with Gasteiger partial charge in [-0.05, 0) is 32.9 Å². The highest BCUT2D eigenvalue weighted by Crippen LogP contribution is 2.36. The first-order chi connectivity index (χ1) is 14.0. The van der Waals surface area contributed by atoms with Crippen molar-refractivity contribution in [3.8, 4) is 0 Å². The van der Waals surface area contributed by atoms with Crippen LogP contribution in [0.3, 0.4) is 0 Å². The first kappa shape index (κ1) is 19.7. The van der Waals surface area contributed by atoms with E-state index in [1.165, 1.54) is 27.0 Å². The van der Waals surface area contributed by atoms with Crippen molar-refractivity contribution in [2.45, 2.75) is 32.2 Å². The van der Waals surface area contributed by atoms with Crippen molar-refractivity contribution < 1.29 is 4.43 Å². The van der Waals surface area contributed by atoms with Crippen molar-refractivity contribution in [1.82, 2.24) is 4.98 Å². The molecule has 2 nitrogen and oxygen atoms in total. The quantitative estimate of drug-likeness (QED) is 0.438. The zero-order valence-electron chi connectivity index (χ0n) is 17.5. The minimum atomic E-state index is -2.46. The smallest absolute Gasteiger partial charge is 0.261 e. The molecular weight excluding hydrogens is 370 g/mol. The SMILES string of the molecule is CC(C)(C)[Si](OCCc1cc2ccccc2[nH]1)(c1ccccc1)c1ccccc1. The molecule has 29 heavy (non-hydrogen) atoms. The van der Waals surface area contributed by atoms with Crippen molar-refractivity contribution in [2.24, 2.45) is 0 Å². The van der Waals surface area contributed by atoms with Gasteiger partial charge in [0.1, 0.15) is 0 Å². The fourth-order valence-corrected chi connectivity index (χ4v) is 8.91. The molecule has 148 valence electrons. The number of fused-ring (bicyclic) bond motifs is 1. The van der Waals surface area contributed by atoms with Gasteiger partial charge >= 0.3 is 0 Å². The lowest BCUT2D eigenvalue weighted by Crippen LogP contribution is -2.66. The molecule has 0 aliphatic heterocycles.